The van der Waals surface area contributed by atoms with Gasteiger partial charge < -0.3 is 5.32 Å². The number of rotatable bonds is 3. The highest BCUT2D eigenvalue weighted by Crippen LogP contribution is 2.29. The maximum Gasteiger partial charge on any atom is 0.247 e. The minimum absolute atomic E-state index is 0.0430. The summed E-state index contributed by atoms with van der Waals surface area (Å²) in [5.41, 5.74) is 0. The van der Waals surface area contributed by atoms with E-state index in [1.54, 1.807) is 4.90 Å². The van der Waals surface area contributed by atoms with Crippen LogP contribution in [-0.2, 0) is 9.59 Å². The van der Waals surface area contributed by atoms with E-state index in [0.717, 1.165) is 44.4 Å². The molecule has 3 fully saturated rings. The van der Waals surface area contributed by atoms with E-state index < -0.39 is 0 Å². The first-order valence-electron chi connectivity index (χ1n) is 8.27. The van der Waals surface area contributed by atoms with Crippen molar-refractivity contribution in [2.45, 2.75) is 82.8 Å². The topological polar surface area (TPSA) is 49.4 Å². The quantitative estimate of drug-likeness (QED) is 0.805. The number of hydrogen-bond acceptors (Lipinski definition) is 3. The van der Waals surface area contributed by atoms with Crippen molar-refractivity contribution in [3.05, 3.63) is 0 Å². The zero-order chi connectivity index (χ0) is 14.1. The molecule has 2 amide bonds. The monoisotopic (exact) mass is 278 g/mol. The van der Waals surface area contributed by atoms with E-state index in [4.69, 9.17) is 0 Å². The molecule has 1 aliphatic heterocycles. The largest absolute Gasteiger partial charge is 0.303 e. The summed E-state index contributed by atoms with van der Waals surface area (Å²) in [5.74, 6) is 0.834. The van der Waals surface area contributed by atoms with Gasteiger partial charge in [-0.3, -0.25) is 14.5 Å². The third kappa shape index (κ3) is 2.76. The molecule has 0 spiro atoms. The lowest BCUT2D eigenvalue weighted by Crippen LogP contribution is -2.46. The predicted molar refractivity (Wildman–Crippen MR) is 77.1 cm³/mol. The maximum atomic E-state index is 12.5. The third-order valence-corrected chi connectivity index (χ3v) is 5.25. The van der Waals surface area contributed by atoms with Gasteiger partial charge in [0.2, 0.25) is 11.8 Å². The van der Waals surface area contributed by atoms with Crippen molar-refractivity contribution in [3.63, 3.8) is 0 Å². The first-order chi connectivity index (χ1) is 9.65. The van der Waals surface area contributed by atoms with Crippen molar-refractivity contribution in [3.8, 4) is 0 Å². The SMILES string of the molecule is CC1CCC(NC2CC(=O)N(C3CCCCC3)C2=O)C1. The fourth-order valence-electron chi connectivity index (χ4n) is 4.15. The Hall–Kier alpha value is -0.900. The van der Waals surface area contributed by atoms with Crippen LogP contribution in [0.1, 0.15) is 64.7 Å². The number of nitrogens with zero attached hydrogens (tertiary/aromatic N) is 1. The number of carbonyl (C=O) groups excluding carboxylic acids is 2. The van der Waals surface area contributed by atoms with Crippen LogP contribution in [0, 0.1) is 5.92 Å². The molecule has 3 aliphatic rings. The Morgan fingerprint density at radius 2 is 1.80 bits per heavy atom. The number of nitrogens with one attached hydrogen (secondary N) is 1. The second kappa shape index (κ2) is 5.84. The van der Waals surface area contributed by atoms with E-state index in [9.17, 15) is 9.59 Å². The molecule has 1 N–H and O–H groups in total. The molecule has 4 nitrogen and oxygen atoms in total. The summed E-state index contributed by atoms with van der Waals surface area (Å²) in [5, 5.41) is 3.45. The molecule has 0 aromatic heterocycles. The number of imide groups is 1. The van der Waals surface area contributed by atoms with E-state index in [0.29, 0.717) is 12.5 Å². The smallest absolute Gasteiger partial charge is 0.247 e. The van der Waals surface area contributed by atoms with Gasteiger partial charge in [-0.1, -0.05) is 26.2 Å². The fourth-order valence-corrected chi connectivity index (χ4v) is 4.15. The van der Waals surface area contributed by atoms with E-state index in [1.807, 2.05) is 0 Å². The zero-order valence-electron chi connectivity index (χ0n) is 12.4. The Balaban J connectivity index is 1.61. The second-order valence-electron chi connectivity index (χ2n) is 6.93. The van der Waals surface area contributed by atoms with Crippen LogP contribution in [0.4, 0.5) is 0 Å². The zero-order valence-corrected chi connectivity index (χ0v) is 12.4. The highest BCUT2D eigenvalue weighted by atomic mass is 16.2. The molecule has 1 heterocycles. The Morgan fingerprint density at radius 3 is 2.45 bits per heavy atom. The average Bonchev–Trinajstić information content (AvgIpc) is 2.96. The lowest BCUT2D eigenvalue weighted by atomic mass is 9.94. The van der Waals surface area contributed by atoms with Crippen molar-refractivity contribution in [1.82, 2.24) is 10.2 Å². The van der Waals surface area contributed by atoms with Crippen molar-refractivity contribution in [2.75, 3.05) is 0 Å². The summed E-state index contributed by atoms with van der Waals surface area (Å²) in [6.45, 7) is 2.26. The van der Waals surface area contributed by atoms with Gasteiger partial charge in [-0.15, -0.1) is 0 Å². The molecule has 0 radical (unpaired) electrons. The molecule has 3 atom stereocenters. The second-order valence-corrected chi connectivity index (χ2v) is 6.93. The number of likely N-dealkylation sites (tertiary alicyclic amines) is 1. The molecule has 20 heavy (non-hydrogen) atoms. The Bertz CT molecular complexity index is 390. The van der Waals surface area contributed by atoms with E-state index in [1.165, 1.54) is 12.8 Å². The van der Waals surface area contributed by atoms with Crippen molar-refractivity contribution in [1.29, 1.82) is 0 Å². The highest BCUT2D eigenvalue weighted by Gasteiger charge is 2.43. The summed E-state index contributed by atoms with van der Waals surface area (Å²) in [6, 6.07) is 0.357. The van der Waals surface area contributed by atoms with Crippen LogP contribution >= 0.6 is 0 Å². The molecule has 0 aromatic rings. The van der Waals surface area contributed by atoms with E-state index in [-0.39, 0.29) is 23.9 Å². The molecule has 2 saturated carbocycles. The third-order valence-electron chi connectivity index (χ3n) is 5.25. The summed E-state index contributed by atoms with van der Waals surface area (Å²) < 4.78 is 0. The minimum Gasteiger partial charge on any atom is -0.303 e. The lowest BCUT2D eigenvalue weighted by molar-refractivity contribution is -0.142. The summed E-state index contributed by atoms with van der Waals surface area (Å²) >= 11 is 0. The Kier molecular flexibility index (Phi) is 4.11. The first-order valence-corrected chi connectivity index (χ1v) is 8.27. The molecule has 0 aromatic carbocycles. The van der Waals surface area contributed by atoms with Gasteiger partial charge in [0, 0.05) is 12.1 Å². The van der Waals surface area contributed by atoms with Gasteiger partial charge in [0.1, 0.15) is 0 Å². The van der Waals surface area contributed by atoms with Crippen molar-refractivity contribution in [2.24, 2.45) is 5.92 Å². The van der Waals surface area contributed by atoms with Gasteiger partial charge in [-0.2, -0.15) is 0 Å². The van der Waals surface area contributed by atoms with Crippen LogP contribution in [0.3, 0.4) is 0 Å². The molecule has 0 bridgehead atoms. The highest BCUT2D eigenvalue weighted by molar-refractivity contribution is 6.05. The van der Waals surface area contributed by atoms with Gasteiger partial charge >= 0.3 is 0 Å². The molecule has 4 heteroatoms. The van der Waals surface area contributed by atoms with Crippen LogP contribution in [0.15, 0.2) is 0 Å². The molecule has 2 aliphatic carbocycles. The number of carbonyl (C=O) groups is 2. The van der Waals surface area contributed by atoms with Crippen molar-refractivity contribution < 1.29 is 9.59 Å². The summed E-state index contributed by atoms with van der Waals surface area (Å²) in [6.07, 6.45) is 9.45. The van der Waals surface area contributed by atoms with Gasteiger partial charge in [0.05, 0.1) is 12.5 Å². The number of amides is 2. The van der Waals surface area contributed by atoms with Gasteiger partial charge in [0.15, 0.2) is 0 Å². The van der Waals surface area contributed by atoms with Crippen LogP contribution in [0.5, 0.6) is 0 Å². The minimum atomic E-state index is -0.250. The van der Waals surface area contributed by atoms with Crippen LogP contribution in [0.2, 0.25) is 0 Å². The van der Waals surface area contributed by atoms with Crippen LogP contribution < -0.4 is 5.32 Å². The Morgan fingerprint density at radius 1 is 1.05 bits per heavy atom. The van der Waals surface area contributed by atoms with Gasteiger partial charge in [0.25, 0.3) is 0 Å². The molecule has 3 rings (SSSR count). The fraction of sp³-hybridized carbons (Fsp3) is 0.875. The predicted octanol–water partition coefficient (Wildman–Crippen LogP) is 2.22. The molecule has 1 saturated heterocycles. The van der Waals surface area contributed by atoms with Crippen molar-refractivity contribution >= 4 is 11.8 Å². The number of hydrogen-bond donors (Lipinski definition) is 1. The molecular weight excluding hydrogens is 252 g/mol. The molecule has 112 valence electrons. The van der Waals surface area contributed by atoms with E-state index in [2.05, 4.69) is 12.2 Å². The summed E-state index contributed by atoms with van der Waals surface area (Å²) in [4.78, 5) is 26.3. The van der Waals surface area contributed by atoms with Crippen LogP contribution in [0.25, 0.3) is 0 Å². The Labute approximate surface area is 121 Å². The van der Waals surface area contributed by atoms with Gasteiger partial charge in [-0.05, 0) is 38.0 Å². The normalized spacial score (nSPS) is 36.0. The van der Waals surface area contributed by atoms with E-state index >= 15 is 0 Å². The maximum absolute atomic E-state index is 12.5. The van der Waals surface area contributed by atoms with Crippen LogP contribution in [-0.4, -0.2) is 34.8 Å². The first kappa shape index (κ1) is 14.1. The summed E-state index contributed by atoms with van der Waals surface area (Å²) in [7, 11) is 0. The molecule has 3 unspecified atom stereocenters. The standard InChI is InChI=1S/C16H26N2O2/c1-11-7-8-12(9-11)17-14-10-15(19)18(16(14)20)13-5-3-2-4-6-13/h11-14,17H,2-10H2,1H3. The lowest BCUT2D eigenvalue weighted by Gasteiger charge is -2.30. The molecular formula is C16H26N2O2. The van der Waals surface area contributed by atoms with Gasteiger partial charge in [-0.25, -0.2) is 0 Å². The average molecular weight is 278 g/mol.